The second-order valence-corrected chi connectivity index (χ2v) is 3.57. The molecule has 4 N–H and O–H groups in total. The zero-order valence-corrected chi connectivity index (χ0v) is 9.38. The van der Waals surface area contributed by atoms with Crippen LogP contribution in [-0.2, 0) is 0 Å². The van der Waals surface area contributed by atoms with Crippen molar-refractivity contribution >= 4 is 34.2 Å². The number of aromatic amines is 1. The number of hydrogen-bond acceptors (Lipinski definition) is 4. The van der Waals surface area contributed by atoms with Gasteiger partial charge in [0.2, 0.25) is 0 Å². The van der Waals surface area contributed by atoms with Gasteiger partial charge in [-0.3, -0.25) is 5.43 Å². The Morgan fingerprint density at radius 2 is 2.44 bits per heavy atom. The summed E-state index contributed by atoms with van der Waals surface area (Å²) in [6, 6.07) is 3.73. The molecule has 0 aromatic carbocycles. The van der Waals surface area contributed by atoms with E-state index in [0.717, 1.165) is 5.52 Å². The van der Waals surface area contributed by atoms with Gasteiger partial charge >= 0.3 is 0 Å². The highest BCUT2D eigenvalue weighted by Crippen LogP contribution is 2.07. The molecule has 0 unspecified atom stereocenters. The molecule has 16 heavy (non-hydrogen) atoms. The molecule has 2 aromatic rings. The van der Waals surface area contributed by atoms with E-state index >= 15 is 0 Å². The van der Waals surface area contributed by atoms with Gasteiger partial charge in [-0.1, -0.05) is 0 Å². The van der Waals surface area contributed by atoms with Crippen LogP contribution in [0, 0.1) is 0 Å². The molecule has 0 aliphatic heterocycles. The lowest BCUT2D eigenvalue weighted by molar-refractivity contribution is 1.02. The standard InChI is InChI=1S/C9H10N6S/c1-5(14-15-9(10)16)7-12-6-3-2-4-11-8(6)13-7/h2-4H,1H3,(H3,10,15,16)(H,11,12,13)/b14-5+. The minimum Gasteiger partial charge on any atom is -0.375 e. The maximum Gasteiger partial charge on any atom is 0.184 e. The van der Waals surface area contributed by atoms with Gasteiger partial charge < -0.3 is 10.7 Å². The third kappa shape index (κ3) is 2.14. The van der Waals surface area contributed by atoms with Crippen LogP contribution < -0.4 is 11.2 Å². The zero-order valence-electron chi connectivity index (χ0n) is 8.56. The van der Waals surface area contributed by atoms with Crippen molar-refractivity contribution in [3.63, 3.8) is 0 Å². The van der Waals surface area contributed by atoms with Crippen LogP contribution in [0.25, 0.3) is 11.2 Å². The molecule has 6 nitrogen and oxygen atoms in total. The fourth-order valence-corrected chi connectivity index (χ4v) is 1.25. The first kappa shape index (κ1) is 10.5. The number of rotatable bonds is 2. The lowest BCUT2D eigenvalue weighted by Gasteiger charge is -1.97. The molecule has 0 fully saturated rings. The molecule has 82 valence electrons. The van der Waals surface area contributed by atoms with E-state index in [-0.39, 0.29) is 5.11 Å². The summed E-state index contributed by atoms with van der Waals surface area (Å²) in [6.45, 7) is 1.79. The monoisotopic (exact) mass is 234 g/mol. The lowest BCUT2D eigenvalue weighted by Crippen LogP contribution is -2.25. The zero-order chi connectivity index (χ0) is 11.5. The molecule has 2 aromatic heterocycles. The first-order chi connectivity index (χ1) is 7.66. The Morgan fingerprint density at radius 1 is 1.62 bits per heavy atom. The Hall–Kier alpha value is -2.02. The van der Waals surface area contributed by atoms with Crippen molar-refractivity contribution in [3.8, 4) is 0 Å². The number of H-pyrrole nitrogens is 1. The molecule has 0 aliphatic rings. The number of hydrazone groups is 1. The van der Waals surface area contributed by atoms with E-state index in [1.165, 1.54) is 0 Å². The van der Waals surface area contributed by atoms with Gasteiger partial charge in [-0.25, -0.2) is 9.97 Å². The van der Waals surface area contributed by atoms with Crippen LogP contribution in [0.5, 0.6) is 0 Å². The summed E-state index contributed by atoms with van der Waals surface area (Å²) in [5.41, 5.74) is 9.95. The second-order valence-electron chi connectivity index (χ2n) is 3.13. The van der Waals surface area contributed by atoms with E-state index in [4.69, 9.17) is 5.73 Å². The number of nitrogens with one attached hydrogen (secondary N) is 2. The molecule has 0 spiro atoms. The van der Waals surface area contributed by atoms with Crippen LogP contribution in [0.4, 0.5) is 0 Å². The lowest BCUT2D eigenvalue weighted by atomic mass is 10.4. The summed E-state index contributed by atoms with van der Waals surface area (Å²) in [4.78, 5) is 11.5. The molecular weight excluding hydrogens is 224 g/mol. The van der Waals surface area contributed by atoms with Gasteiger partial charge in [-0.05, 0) is 31.3 Å². The highest BCUT2D eigenvalue weighted by atomic mass is 32.1. The predicted octanol–water partition coefficient (Wildman–Crippen LogP) is 0.515. The Morgan fingerprint density at radius 3 is 3.12 bits per heavy atom. The van der Waals surface area contributed by atoms with Crippen LogP contribution in [0.1, 0.15) is 12.7 Å². The normalized spacial score (nSPS) is 11.7. The van der Waals surface area contributed by atoms with E-state index in [0.29, 0.717) is 17.2 Å². The first-order valence-corrected chi connectivity index (χ1v) is 4.98. The van der Waals surface area contributed by atoms with Gasteiger partial charge in [0.1, 0.15) is 5.71 Å². The van der Waals surface area contributed by atoms with Gasteiger partial charge in [0.05, 0.1) is 5.52 Å². The highest BCUT2D eigenvalue weighted by molar-refractivity contribution is 7.80. The van der Waals surface area contributed by atoms with Crippen molar-refractivity contribution in [2.24, 2.45) is 10.8 Å². The smallest absolute Gasteiger partial charge is 0.184 e. The molecule has 2 heterocycles. The number of nitrogens with zero attached hydrogens (tertiary/aromatic N) is 3. The average Bonchev–Trinajstić information content (AvgIpc) is 2.69. The number of pyridine rings is 1. The summed E-state index contributed by atoms with van der Waals surface area (Å²) < 4.78 is 0. The summed E-state index contributed by atoms with van der Waals surface area (Å²) in [6.07, 6.45) is 1.69. The second kappa shape index (κ2) is 4.23. The molecular formula is C9H10N6S. The van der Waals surface area contributed by atoms with Crippen LogP contribution in [0.15, 0.2) is 23.4 Å². The van der Waals surface area contributed by atoms with E-state index in [1.807, 2.05) is 12.1 Å². The van der Waals surface area contributed by atoms with Crippen molar-refractivity contribution < 1.29 is 0 Å². The number of nitrogens with two attached hydrogens (primary N) is 1. The first-order valence-electron chi connectivity index (χ1n) is 4.57. The van der Waals surface area contributed by atoms with Crippen LogP contribution in [-0.4, -0.2) is 25.8 Å². The molecule has 0 atom stereocenters. The van der Waals surface area contributed by atoms with Crippen molar-refractivity contribution in [2.75, 3.05) is 0 Å². The van der Waals surface area contributed by atoms with E-state index in [9.17, 15) is 0 Å². The summed E-state index contributed by atoms with van der Waals surface area (Å²) >= 11 is 4.64. The number of aromatic nitrogens is 3. The Bertz CT molecular complexity index is 525. The topological polar surface area (TPSA) is 92.0 Å². The van der Waals surface area contributed by atoms with Gasteiger partial charge in [-0.15, -0.1) is 0 Å². The summed E-state index contributed by atoms with van der Waals surface area (Å²) in [5, 5.41) is 4.09. The maximum atomic E-state index is 5.26. The minimum absolute atomic E-state index is 0.119. The van der Waals surface area contributed by atoms with E-state index in [2.05, 4.69) is 37.7 Å². The Kier molecular flexibility index (Phi) is 2.78. The SMILES string of the molecule is C/C(=N\NC(N)=S)c1nc2ncccc2[nH]1. The van der Waals surface area contributed by atoms with Crippen LogP contribution >= 0.6 is 12.2 Å². The third-order valence-corrected chi connectivity index (χ3v) is 2.03. The summed E-state index contributed by atoms with van der Waals surface area (Å²) in [5.74, 6) is 0.637. The van der Waals surface area contributed by atoms with Crippen molar-refractivity contribution in [3.05, 3.63) is 24.2 Å². The van der Waals surface area contributed by atoms with E-state index < -0.39 is 0 Å². The Balaban J connectivity index is 2.33. The molecule has 0 saturated heterocycles. The summed E-state index contributed by atoms with van der Waals surface area (Å²) in [7, 11) is 0. The van der Waals surface area contributed by atoms with Crippen LogP contribution in [0.2, 0.25) is 0 Å². The number of thiocarbonyl (C=S) groups is 1. The molecule has 0 radical (unpaired) electrons. The molecule has 7 heteroatoms. The molecule has 0 aliphatic carbocycles. The van der Waals surface area contributed by atoms with Gasteiger partial charge in [0.15, 0.2) is 16.6 Å². The van der Waals surface area contributed by atoms with Gasteiger partial charge in [-0.2, -0.15) is 5.10 Å². The van der Waals surface area contributed by atoms with E-state index in [1.54, 1.807) is 13.1 Å². The van der Waals surface area contributed by atoms with Gasteiger partial charge in [0, 0.05) is 6.20 Å². The van der Waals surface area contributed by atoms with Crippen molar-refractivity contribution in [1.29, 1.82) is 0 Å². The Labute approximate surface area is 97.0 Å². The van der Waals surface area contributed by atoms with Crippen molar-refractivity contribution in [1.82, 2.24) is 20.4 Å². The molecule has 0 saturated carbocycles. The molecule has 2 rings (SSSR count). The fraction of sp³-hybridized carbons (Fsp3) is 0.111. The predicted molar refractivity (Wildman–Crippen MR) is 66.0 cm³/mol. The number of fused-ring (bicyclic) bond motifs is 1. The average molecular weight is 234 g/mol. The highest BCUT2D eigenvalue weighted by Gasteiger charge is 2.05. The quantitative estimate of drug-likeness (QED) is 0.400. The minimum atomic E-state index is 0.119. The largest absolute Gasteiger partial charge is 0.375 e. The third-order valence-electron chi connectivity index (χ3n) is 1.93. The maximum absolute atomic E-state index is 5.26. The van der Waals surface area contributed by atoms with Crippen molar-refractivity contribution in [2.45, 2.75) is 6.92 Å². The number of imidazole rings is 1. The fourth-order valence-electron chi connectivity index (χ4n) is 1.21. The van der Waals surface area contributed by atoms with Gasteiger partial charge in [0.25, 0.3) is 0 Å². The molecule has 0 amide bonds. The van der Waals surface area contributed by atoms with Crippen LogP contribution in [0.3, 0.4) is 0 Å². The molecule has 0 bridgehead atoms. The number of hydrogen-bond donors (Lipinski definition) is 3.